The molecule has 5 rings (SSSR count). The van der Waals surface area contributed by atoms with Gasteiger partial charge in [0.25, 0.3) is 0 Å². The molecule has 196 valence electrons. The minimum atomic E-state index is -0.766. The molecule has 0 fully saturated rings. The van der Waals surface area contributed by atoms with Crippen LogP contribution >= 0.6 is 0 Å². The lowest BCUT2D eigenvalue weighted by atomic mass is 9.81. The van der Waals surface area contributed by atoms with Crippen LogP contribution in [-0.4, -0.2) is 23.7 Å². The number of halogens is 1. The number of hydrogen-bond donors (Lipinski definition) is 1. The first-order valence-corrected chi connectivity index (χ1v) is 12.0. The molecule has 0 saturated carbocycles. The van der Waals surface area contributed by atoms with Gasteiger partial charge in [0.15, 0.2) is 0 Å². The number of fused-ring (bicyclic) bond motifs is 1. The number of carbonyl (C=O) groups excluding carboxylic acids is 1. The van der Waals surface area contributed by atoms with E-state index in [1.165, 1.54) is 24.4 Å². The number of nitrogens with one attached hydrogen (secondary N) is 1. The molecule has 3 aromatic carbocycles. The van der Waals surface area contributed by atoms with Gasteiger partial charge in [-0.15, -0.1) is 0 Å². The highest BCUT2D eigenvalue weighted by molar-refractivity contribution is 5.96. The first-order valence-electron chi connectivity index (χ1n) is 12.0. The third kappa shape index (κ3) is 5.40. The second-order valence-electron chi connectivity index (χ2n) is 8.46. The Kier molecular flexibility index (Phi) is 7.17. The molecule has 0 radical (unpaired) electrons. The van der Waals surface area contributed by atoms with Crippen molar-refractivity contribution in [2.45, 2.75) is 12.8 Å². The van der Waals surface area contributed by atoms with Crippen LogP contribution in [0.3, 0.4) is 0 Å². The number of nitrogens with zero attached hydrogens (tertiary/aromatic N) is 2. The number of rotatable bonds is 8. The molecule has 1 aliphatic rings. The zero-order chi connectivity index (χ0) is 27.4. The van der Waals surface area contributed by atoms with Gasteiger partial charge in [-0.3, -0.25) is 14.9 Å². The second-order valence-corrected chi connectivity index (χ2v) is 8.46. The topological polar surface area (TPSA) is 116 Å². The number of carbonyl (C=O) groups is 1. The van der Waals surface area contributed by atoms with Crippen molar-refractivity contribution in [3.8, 4) is 11.5 Å². The van der Waals surface area contributed by atoms with Gasteiger partial charge in [-0.25, -0.2) is 9.82 Å². The lowest BCUT2D eigenvalue weighted by molar-refractivity contribution is -0.402. The van der Waals surface area contributed by atoms with Crippen molar-refractivity contribution in [2.75, 3.05) is 6.61 Å². The van der Waals surface area contributed by atoms with Crippen molar-refractivity contribution in [1.82, 2.24) is 5.43 Å². The van der Waals surface area contributed by atoms with E-state index in [4.69, 9.17) is 13.9 Å². The van der Waals surface area contributed by atoms with E-state index in [0.29, 0.717) is 29.4 Å². The van der Waals surface area contributed by atoms with E-state index in [9.17, 15) is 19.3 Å². The lowest BCUT2D eigenvalue weighted by Crippen LogP contribution is -2.20. The number of hydrazone groups is 1. The summed E-state index contributed by atoms with van der Waals surface area (Å²) in [5.74, 6) is -0.566. The standard InChI is InChI=1S/C29H22FN3O6/c1-2-37-21-13-9-19(10-14-21)28-23(17-31-32-29(34)25-15-16-26(38-25)33(35)36)27(18-7-11-20(30)12-8-18)22-5-3-4-6-24(22)39-28/h3-17,27H,2H2,1H3,(H,32,34)/b31-17+. The van der Waals surface area contributed by atoms with Gasteiger partial charge < -0.3 is 13.9 Å². The zero-order valence-corrected chi connectivity index (χ0v) is 20.7. The van der Waals surface area contributed by atoms with Gasteiger partial charge in [-0.1, -0.05) is 30.3 Å². The van der Waals surface area contributed by atoms with Crippen LogP contribution in [-0.2, 0) is 0 Å². The van der Waals surface area contributed by atoms with Gasteiger partial charge in [-0.2, -0.15) is 5.10 Å². The molecule has 2 heterocycles. The molecule has 1 amide bonds. The van der Waals surface area contributed by atoms with Crippen LogP contribution in [0.2, 0.25) is 0 Å². The van der Waals surface area contributed by atoms with Gasteiger partial charge in [0, 0.05) is 22.6 Å². The number of ether oxygens (including phenoxy) is 2. The highest BCUT2D eigenvalue weighted by atomic mass is 19.1. The number of amides is 1. The molecule has 0 bridgehead atoms. The van der Waals surface area contributed by atoms with Crippen LogP contribution in [0.1, 0.15) is 40.1 Å². The van der Waals surface area contributed by atoms with Crippen molar-refractivity contribution >= 4 is 23.8 Å². The SMILES string of the molecule is CCOc1ccc(C2=C(/C=N/NC(=O)c3ccc([N+](=O)[O-])o3)C(c3ccc(F)cc3)c3ccccc3O2)cc1. The monoisotopic (exact) mass is 527 g/mol. The van der Waals surface area contributed by atoms with Crippen LogP contribution in [0.15, 0.2) is 100 Å². The number of allylic oxidation sites excluding steroid dienone is 1. The van der Waals surface area contributed by atoms with E-state index in [1.807, 2.05) is 55.5 Å². The molecule has 1 atom stereocenters. The molecule has 1 N–H and O–H groups in total. The maximum absolute atomic E-state index is 13.8. The molecule has 1 unspecified atom stereocenters. The maximum Gasteiger partial charge on any atom is 0.433 e. The fourth-order valence-corrected chi connectivity index (χ4v) is 4.29. The number of benzene rings is 3. The predicted octanol–water partition coefficient (Wildman–Crippen LogP) is 6.08. The molecule has 9 nitrogen and oxygen atoms in total. The van der Waals surface area contributed by atoms with E-state index < -0.39 is 22.6 Å². The summed E-state index contributed by atoms with van der Waals surface area (Å²) in [5, 5.41) is 15.0. The number of furan rings is 1. The molecular formula is C29H22FN3O6. The van der Waals surface area contributed by atoms with Crippen molar-refractivity contribution in [3.63, 3.8) is 0 Å². The van der Waals surface area contributed by atoms with Crippen molar-refractivity contribution in [1.29, 1.82) is 0 Å². The molecular weight excluding hydrogens is 505 g/mol. The van der Waals surface area contributed by atoms with Crippen LogP contribution < -0.4 is 14.9 Å². The molecule has 4 aromatic rings. The van der Waals surface area contributed by atoms with Crippen LogP contribution in [0.4, 0.5) is 10.3 Å². The molecule has 0 aliphatic carbocycles. The van der Waals surface area contributed by atoms with E-state index in [-0.39, 0.29) is 11.6 Å². The minimum Gasteiger partial charge on any atom is -0.494 e. The maximum atomic E-state index is 13.8. The smallest absolute Gasteiger partial charge is 0.433 e. The summed E-state index contributed by atoms with van der Waals surface area (Å²) >= 11 is 0. The van der Waals surface area contributed by atoms with Crippen LogP contribution in [0, 0.1) is 15.9 Å². The summed E-state index contributed by atoms with van der Waals surface area (Å²) < 4.78 is 30.7. The summed E-state index contributed by atoms with van der Waals surface area (Å²) in [6.45, 7) is 2.42. The largest absolute Gasteiger partial charge is 0.494 e. The van der Waals surface area contributed by atoms with Crippen LogP contribution in [0.25, 0.3) is 5.76 Å². The van der Waals surface area contributed by atoms with Crippen molar-refractivity contribution in [2.24, 2.45) is 5.10 Å². The summed E-state index contributed by atoms with van der Waals surface area (Å²) in [4.78, 5) is 22.7. The second kappa shape index (κ2) is 11.0. The summed E-state index contributed by atoms with van der Waals surface area (Å²) in [6, 6.07) is 23.2. The summed E-state index contributed by atoms with van der Waals surface area (Å²) in [5.41, 5.74) is 5.28. The van der Waals surface area contributed by atoms with E-state index >= 15 is 0 Å². The Morgan fingerprint density at radius 2 is 1.82 bits per heavy atom. The van der Waals surface area contributed by atoms with E-state index in [1.54, 1.807) is 12.1 Å². The zero-order valence-electron chi connectivity index (χ0n) is 20.7. The Labute approximate surface area is 222 Å². The van der Waals surface area contributed by atoms with Gasteiger partial charge in [-0.05, 0) is 61.0 Å². The number of para-hydroxylation sites is 1. The highest BCUT2D eigenvalue weighted by Crippen LogP contribution is 2.45. The van der Waals surface area contributed by atoms with E-state index in [0.717, 1.165) is 22.8 Å². The Morgan fingerprint density at radius 3 is 2.51 bits per heavy atom. The first kappa shape index (κ1) is 25.4. The third-order valence-electron chi connectivity index (χ3n) is 6.01. The molecule has 0 spiro atoms. The quantitative estimate of drug-likeness (QED) is 0.169. The summed E-state index contributed by atoms with van der Waals surface area (Å²) in [6.07, 6.45) is 1.45. The Bertz CT molecular complexity index is 1580. The molecule has 10 heteroatoms. The average Bonchev–Trinajstić information content (AvgIpc) is 3.45. The molecule has 1 aromatic heterocycles. The number of nitro groups is 1. The van der Waals surface area contributed by atoms with Gasteiger partial charge in [0.05, 0.1) is 18.9 Å². The fraction of sp³-hybridized carbons (Fsp3) is 0.103. The first-order chi connectivity index (χ1) is 18.9. The predicted molar refractivity (Wildman–Crippen MR) is 141 cm³/mol. The average molecular weight is 528 g/mol. The molecule has 39 heavy (non-hydrogen) atoms. The molecule has 0 saturated heterocycles. The van der Waals surface area contributed by atoms with Gasteiger partial charge >= 0.3 is 11.8 Å². The number of hydrogen-bond acceptors (Lipinski definition) is 7. The van der Waals surface area contributed by atoms with E-state index in [2.05, 4.69) is 10.5 Å². The van der Waals surface area contributed by atoms with Gasteiger partial charge in [0.1, 0.15) is 28.0 Å². The normalized spacial score (nSPS) is 14.6. The molecule has 1 aliphatic heterocycles. The Hall–Kier alpha value is -5.25. The summed E-state index contributed by atoms with van der Waals surface area (Å²) in [7, 11) is 0. The third-order valence-corrected chi connectivity index (χ3v) is 6.01. The minimum absolute atomic E-state index is 0.264. The highest BCUT2D eigenvalue weighted by Gasteiger charge is 2.31. The Morgan fingerprint density at radius 1 is 1.08 bits per heavy atom. The fourth-order valence-electron chi connectivity index (χ4n) is 4.29. The van der Waals surface area contributed by atoms with Crippen LogP contribution in [0.5, 0.6) is 11.5 Å². The lowest BCUT2D eigenvalue weighted by Gasteiger charge is -2.30. The van der Waals surface area contributed by atoms with Gasteiger partial charge in [0.2, 0.25) is 5.76 Å². The van der Waals surface area contributed by atoms with Crippen molar-refractivity contribution in [3.05, 3.63) is 129 Å². The Balaban J connectivity index is 1.57. The van der Waals surface area contributed by atoms with Crippen molar-refractivity contribution < 1.29 is 28.0 Å².